The van der Waals surface area contributed by atoms with E-state index in [9.17, 15) is 10.2 Å². The molecular formula is C26H36O2. The van der Waals surface area contributed by atoms with E-state index in [0.717, 1.165) is 47.9 Å². The monoisotopic (exact) mass is 380 g/mol. The predicted molar refractivity (Wildman–Crippen MR) is 118 cm³/mol. The van der Waals surface area contributed by atoms with Crippen molar-refractivity contribution >= 4 is 0 Å². The minimum atomic E-state index is -0.0173. The van der Waals surface area contributed by atoms with Gasteiger partial charge >= 0.3 is 0 Å². The molecule has 0 heterocycles. The van der Waals surface area contributed by atoms with Crippen LogP contribution >= 0.6 is 0 Å². The molecule has 2 aromatic rings. The average molecular weight is 381 g/mol. The lowest BCUT2D eigenvalue weighted by molar-refractivity contribution is 0.282. The first kappa shape index (κ1) is 20.8. The molecule has 0 atom stereocenters. The number of benzene rings is 2. The van der Waals surface area contributed by atoms with Gasteiger partial charge in [-0.3, -0.25) is 0 Å². The second-order valence-electron chi connectivity index (χ2n) is 9.14. The molecule has 2 aromatic carbocycles. The molecular weight excluding hydrogens is 344 g/mol. The second kappa shape index (κ2) is 8.19. The molecule has 0 unspecified atom stereocenters. The number of aryl methyl sites for hydroxylation is 3. The molecule has 28 heavy (non-hydrogen) atoms. The maximum absolute atomic E-state index is 10.9. The molecule has 1 saturated carbocycles. The van der Waals surface area contributed by atoms with Gasteiger partial charge in [0.2, 0.25) is 0 Å². The van der Waals surface area contributed by atoms with Crippen LogP contribution in [0, 0.1) is 13.8 Å². The molecule has 2 heteroatoms. The zero-order valence-corrected chi connectivity index (χ0v) is 18.2. The summed E-state index contributed by atoms with van der Waals surface area (Å²) in [6, 6.07) is 8.41. The SMILES string of the molecule is CCc1ccc(C)c(O)c1CC1(c2cc(C)cc(O)c2C(C)C)CCCCC1. The summed E-state index contributed by atoms with van der Waals surface area (Å²) in [6.45, 7) is 10.6. The molecule has 0 aromatic heterocycles. The van der Waals surface area contributed by atoms with Crippen LogP contribution in [0.4, 0.5) is 0 Å². The predicted octanol–water partition coefficient (Wildman–Crippen LogP) is 6.85. The van der Waals surface area contributed by atoms with Gasteiger partial charge < -0.3 is 10.2 Å². The van der Waals surface area contributed by atoms with Gasteiger partial charge in [-0.25, -0.2) is 0 Å². The van der Waals surface area contributed by atoms with Gasteiger partial charge in [-0.15, -0.1) is 0 Å². The molecule has 0 bridgehead atoms. The molecule has 152 valence electrons. The third kappa shape index (κ3) is 3.79. The average Bonchev–Trinajstić information content (AvgIpc) is 2.65. The van der Waals surface area contributed by atoms with Gasteiger partial charge in [-0.1, -0.05) is 58.2 Å². The van der Waals surface area contributed by atoms with Crippen LogP contribution in [0.15, 0.2) is 24.3 Å². The zero-order chi connectivity index (χ0) is 20.5. The fourth-order valence-electron chi connectivity index (χ4n) is 5.26. The van der Waals surface area contributed by atoms with E-state index in [1.54, 1.807) is 0 Å². The van der Waals surface area contributed by atoms with Gasteiger partial charge in [-0.05, 0) is 84.7 Å². The van der Waals surface area contributed by atoms with E-state index in [0.29, 0.717) is 11.5 Å². The van der Waals surface area contributed by atoms with Crippen LogP contribution in [0.3, 0.4) is 0 Å². The summed E-state index contributed by atoms with van der Waals surface area (Å²) in [4.78, 5) is 0. The fourth-order valence-corrected chi connectivity index (χ4v) is 5.26. The number of rotatable bonds is 5. The number of hydrogen-bond donors (Lipinski definition) is 2. The highest BCUT2D eigenvalue weighted by Crippen LogP contribution is 2.48. The van der Waals surface area contributed by atoms with Gasteiger partial charge in [0.25, 0.3) is 0 Å². The topological polar surface area (TPSA) is 40.5 Å². The molecule has 0 saturated heterocycles. The molecule has 1 fully saturated rings. The van der Waals surface area contributed by atoms with E-state index in [4.69, 9.17) is 0 Å². The summed E-state index contributed by atoms with van der Waals surface area (Å²) in [7, 11) is 0. The summed E-state index contributed by atoms with van der Waals surface area (Å²) >= 11 is 0. The molecule has 3 rings (SSSR count). The van der Waals surface area contributed by atoms with Crippen LogP contribution in [0.5, 0.6) is 11.5 Å². The summed E-state index contributed by atoms with van der Waals surface area (Å²) in [5.41, 5.74) is 6.81. The Labute approximate surface area is 170 Å². The van der Waals surface area contributed by atoms with E-state index in [-0.39, 0.29) is 11.3 Å². The Morgan fingerprint density at radius 3 is 2.29 bits per heavy atom. The lowest BCUT2D eigenvalue weighted by Gasteiger charge is -2.41. The highest BCUT2D eigenvalue weighted by Gasteiger charge is 2.38. The summed E-state index contributed by atoms with van der Waals surface area (Å²) in [5, 5.41) is 21.7. The number of hydrogen-bond acceptors (Lipinski definition) is 2. The number of phenolic OH excluding ortho intramolecular Hbond substituents is 2. The number of aromatic hydroxyl groups is 2. The van der Waals surface area contributed by atoms with Crippen molar-refractivity contribution in [3.05, 3.63) is 57.6 Å². The highest BCUT2D eigenvalue weighted by molar-refractivity contribution is 5.52. The van der Waals surface area contributed by atoms with Crippen molar-refractivity contribution < 1.29 is 10.2 Å². The quantitative estimate of drug-likeness (QED) is 0.596. The Balaban J connectivity index is 2.21. The molecule has 1 aliphatic rings. The zero-order valence-electron chi connectivity index (χ0n) is 18.2. The molecule has 2 nitrogen and oxygen atoms in total. The van der Waals surface area contributed by atoms with E-state index in [1.807, 2.05) is 19.1 Å². The Kier molecular flexibility index (Phi) is 6.07. The van der Waals surface area contributed by atoms with Gasteiger partial charge in [-0.2, -0.15) is 0 Å². The molecule has 1 aliphatic carbocycles. The summed E-state index contributed by atoms with van der Waals surface area (Å²) < 4.78 is 0. The molecule has 2 N–H and O–H groups in total. The van der Waals surface area contributed by atoms with Crippen LogP contribution in [0.2, 0.25) is 0 Å². The third-order valence-electron chi connectivity index (χ3n) is 6.74. The van der Waals surface area contributed by atoms with Crippen LogP contribution in [0.1, 0.15) is 92.2 Å². The normalized spacial score (nSPS) is 16.5. The van der Waals surface area contributed by atoms with Crippen molar-refractivity contribution in [2.45, 2.75) is 90.9 Å². The van der Waals surface area contributed by atoms with Gasteiger partial charge in [0.15, 0.2) is 0 Å². The third-order valence-corrected chi connectivity index (χ3v) is 6.74. The van der Waals surface area contributed by atoms with E-state index >= 15 is 0 Å². The van der Waals surface area contributed by atoms with Crippen molar-refractivity contribution in [2.75, 3.05) is 0 Å². The van der Waals surface area contributed by atoms with Crippen molar-refractivity contribution in [2.24, 2.45) is 0 Å². The molecule has 0 spiro atoms. The minimum absolute atomic E-state index is 0.0173. The maximum Gasteiger partial charge on any atom is 0.121 e. The smallest absolute Gasteiger partial charge is 0.121 e. The van der Waals surface area contributed by atoms with Crippen LogP contribution in [0.25, 0.3) is 0 Å². The molecule has 0 aliphatic heterocycles. The van der Waals surface area contributed by atoms with E-state index in [1.165, 1.54) is 30.4 Å². The molecule has 0 radical (unpaired) electrons. The Bertz CT molecular complexity index is 842. The largest absolute Gasteiger partial charge is 0.508 e. The first-order chi connectivity index (χ1) is 13.3. The van der Waals surface area contributed by atoms with E-state index < -0.39 is 0 Å². The molecule has 0 amide bonds. The van der Waals surface area contributed by atoms with Crippen molar-refractivity contribution in [3.8, 4) is 11.5 Å². The Morgan fingerprint density at radius 1 is 1.00 bits per heavy atom. The van der Waals surface area contributed by atoms with Gasteiger partial charge in [0, 0.05) is 5.56 Å². The highest BCUT2D eigenvalue weighted by atomic mass is 16.3. The van der Waals surface area contributed by atoms with Crippen molar-refractivity contribution in [1.82, 2.24) is 0 Å². The van der Waals surface area contributed by atoms with Gasteiger partial charge in [0.05, 0.1) is 0 Å². The Hall–Kier alpha value is -1.96. The van der Waals surface area contributed by atoms with Crippen LogP contribution < -0.4 is 0 Å². The summed E-state index contributed by atoms with van der Waals surface area (Å²) in [6.07, 6.45) is 7.71. The summed E-state index contributed by atoms with van der Waals surface area (Å²) in [5.74, 6) is 1.16. The fraction of sp³-hybridized carbons (Fsp3) is 0.538. The standard InChI is InChI=1S/C26H36O2/c1-6-20-11-10-19(5)25(28)21(20)16-26(12-8-7-9-13-26)22-14-18(4)15-23(27)24(22)17(2)3/h10-11,14-15,17,27-28H,6-9,12-13,16H2,1-5H3. The van der Waals surface area contributed by atoms with Crippen LogP contribution in [-0.4, -0.2) is 10.2 Å². The lowest BCUT2D eigenvalue weighted by Crippen LogP contribution is -2.33. The number of phenols is 2. The van der Waals surface area contributed by atoms with Crippen molar-refractivity contribution in [1.29, 1.82) is 0 Å². The van der Waals surface area contributed by atoms with Gasteiger partial charge in [0.1, 0.15) is 11.5 Å². The maximum atomic E-state index is 10.9. The van der Waals surface area contributed by atoms with Crippen LogP contribution in [-0.2, 0) is 18.3 Å². The first-order valence-corrected chi connectivity index (χ1v) is 10.9. The van der Waals surface area contributed by atoms with E-state index in [2.05, 4.69) is 39.8 Å². The minimum Gasteiger partial charge on any atom is -0.508 e. The second-order valence-corrected chi connectivity index (χ2v) is 9.14. The Morgan fingerprint density at radius 2 is 1.68 bits per heavy atom. The first-order valence-electron chi connectivity index (χ1n) is 10.9. The van der Waals surface area contributed by atoms with Crippen molar-refractivity contribution in [3.63, 3.8) is 0 Å². The lowest BCUT2D eigenvalue weighted by atomic mass is 9.63.